The number of hydrogen-bond donors (Lipinski definition) is 3. The summed E-state index contributed by atoms with van der Waals surface area (Å²) in [5.74, 6) is -1.51. The summed E-state index contributed by atoms with van der Waals surface area (Å²) in [4.78, 5) is 44.6. The van der Waals surface area contributed by atoms with E-state index in [9.17, 15) is 19.8 Å². The van der Waals surface area contributed by atoms with Crippen LogP contribution in [0.2, 0.25) is 0 Å². The molecule has 0 unspecified atom stereocenters. The van der Waals surface area contributed by atoms with Gasteiger partial charge in [0.2, 0.25) is 11.8 Å². The highest BCUT2D eigenvalue weighted by Gasteiger charge is 2.72. The van der Waals surface area contributed by atoms with Crippen molar-refractivity contribution in [3.05, 3.63) is 48.0 Å². The molecule has 0 heterocycles. The van der Waals surface area contributed by atoms with Crippen LogP contribution in [0.5, 0.6) is 0 Å². The predicted octanol–water partition coefficient (Wildman–Crippen LogP) is 9.60. The lowest BCUT2D eigenvalue weighted by atomic mass is 9.32. The first-order chi connectivity index (χ1) is 26.0. The fourth-order valence-corrected chi connectivity index (χ4v) is 14.5. The van der Waals surface area contributed by atoms with Crippen molar-refractivity contribution in [3.8, 4) is 0 Å². The van der Waals surface area contributed by atoms with Crippen LogP contribution in [0.3, 0.4) is 0 Å². The number of carbonyl (C=O) groups excluding carboxylic acids is 2. The van der Waals surface area contributed by atoms with Crippen LogP contribution in [0.1, 0.15) is 150 Å². The molecule has 0 spiro atoms. The van der Waals surface area contributed by atoms with E-state index in [0.29, 0.717) is 30.7 Å². The molecule has 306 valence electrons. The molecule has 6 rings (SSSR count). The molecule has 11 atom stereocenters. The maximum Gasteiger partial charge on any atom is 0.316 e. The number of hydrogen-bond acceptors (Lipinski definition) is 5. The first-order valence-electron chi connectivity index (χ1n) is 22.2. The Hall–Kier alpha value is -2.51. The Labute approximate surface area is 332 Å². The van der Waals surface area contributed by atoms with E-state index in [2.05, 4.69) is 48.1 Å². The van der Waals surface area contributed by atoms with E-state index in [4.69, 9.17) is 5.73 Å². The number of carboxylic acids is 1. The maximum absolute atomic E-state index is 15.6. The number of aliphatic hydroxyl groups is 1. The molecule has 2 amide bonds. The SMILES string of the molecule is C=C(C)[C@@H]1CC[C@]2(C(=O)N(CCCCCCCCN)C(=O)[C@@H](Cc3ccccc3)C(=O)O)CC[C@]3(C)[C@H](CC[C@H]4[C@@]5(C)CC[C@H](O)C(C)(C)[C@@H]5CC[C@]43C)[C@@H]12. The fraction of sp³-hybridized carbons (Fsp3) is 0.771. The zero-order chi connectivity index (χ0) is 40.0. The van der Waals surface area contributed by atoms with Gasteiger partial charge in [-0.05, 0) is 154 Å². The Morgan fingerprint density at radius 3 is 2.15 bits per heavy atom. The van der Waals surface area contributed by atoms with Crippen LogP contribution >= 0.6 is 0 Å². The number of unbranched alkanes of at least 4 members (excludes halogenated alkanes) is 5. The highest BCUT2D eigenvalue weighted by molar-refractivity contribution is 6.06. The standard InChI is InChI=1S/C48H74N2O5/c1-32(2)34-21-26-48(43(55)50(30-16-11-9-8-10-15-29-49)41(52)35(42(53)54)31-33-17-13-12-14-18-33)28-27-46(6)36(40(34)48)19-20-38-45(5)24-23-39(51)44(3,4)37(45)22-25-47(38,46)7/h12-14,17-18,34-40,51H,1,8-11,15-16,19-31,49H2,2-7H3,(H,53,54)/t34-,35+,36+,37-,38-,39-,40+,45-,46+,47+,48-/m0/s1. The average Bonchev–Trinajstić information content (AvgIpc) is 3.55. The van der Waals surface area contributed by atoms with Crippen molar-refractivity contribution in [1.29, 1.82) is 0 Å². The molecular weight excluding hydrogens is 685 g/mol. The molecule has 1 aromatic rings. The Morgan fingerprint density at radius 2 is 1.49 bits per heavy atom. The second kappa shape index (κ2) is 16.0. The number of carboxylic acid groups (broad SMARTS) is 1. The Kier molecular flexibility index (Phi) is 12.3. The number of imide groups is 1. The van der Waals surface area contributed by atoms with Gasteiger partial charge in [0.25, 0.3) is 0 Å². The number of aliphatic hydroxyl groups excluding tert-OH is 1. The highest BCUT2D eigenvalue weighted by atomic mass is 16.4. The van der Waals surface area contributed by atoms with Crippen LogP contribution in [-0.2, 0) is 20.8 Å². The first-order valence-corrected chi connectivity index (χ1v) is 22.2. The molecule has 7 nitrogen and oxygen atoms in total. The Balaban J connectivity index is 1.34. The number of nitrogens with zero attached hydrogens (tertiary/aromatic N) is 1. The number of aliphatic carboxylic acids is 1. The molecule has 5 saturated carbocycles. The van der Waals surface area contributed by atoms with E-state index in [1.165, 1.54) is 4.90 Å². The first kappa shape index (κ1) is 42.1. The number of amides is 2. The van der Waals surface area contributed by atoms with E-state index in [1.54, 1.807) is 0 Å². The smallest absolute Gasteiger partial charge is 0.316 e. The molecule has 0 aromatic heterocycles. The van der Waals surface area contributed by atoms with Crippen molar-refractivity contribution in [2.75, 3.05) is 13.1 Å². The molecule has 55 heavy (non-hydrogen) atoms. The summed E-state index contributed by atoms with van der Waals surface area (Å²) in [6.07, 6.45) is 15.2. The largest absolute Gasteiger partial charge is 0.481 e. The van der Waals surface area contributed by atoms with Gasteiger partial charge in [0, 0.05) is 6.54 Å². The Bertz CT molecular complexity index is 1570. The van der Waals surface area contributed by atoms with Gasteiger partial charge in [-0.2, -0.15) is 0 Å². The summed E-state index contributed by atoms with van der Waals surface area (Å²) in [6.45, 7) is 19.9. The summed E-state index contributed by atoms with van der Waals surface area (Å²) in [6, 6.07) is 9.35. The van der Waals surface area contributed by atoms with Crippen molar-refractivity contribution in [1.82, 2.24) is 4.90 Å². The van der Waals surface area contributed by atoms with Crippen molar-refractivity contribution >= 4 is 17.8 Å². The number of fused-ring (bicyclic) bond motifs is 7. The minimum absolute atomic E-state index is 0.0197. The van der Waals surface area contributed by atoms with E-state index >= 15 is 4.79 Å². The monoisotopic (exact) mass is 759 g/mol. The van der Waals surface area contributed by atoms with Gasteiger partial charge in [0.05, 0.1) is 11.5 Å². The van der Waals surface area contributed by atoms with Crippen LogP contribution in [-0.4, -0.2) is 52.1 Å². The van der Waals surface area contributed by atoms with Gasteiger partial charge in [-0.25, -0.2) is 0 Å². The molecule has 5 aliphatic carbocycles. The van der Waals surface area contributed by atoms with E-state index in [1.807, 2.05) is 30.3 Å². The summed E-state index contributed by atoms with van der Waals surface area (Å²) < 4.78 is 0. The van der Waals surface area contributed by atoms with Crippen LogP contribution in [0.15, 0.2) is 42.5 Å². The van der Waals surface area contributed by atoms with E-state index in [0.717, 1.165) is 107 Å². The van der Waals surface area contributed by atoms with Gasteiger partial charge in [0.15, 0.2) is 0 Å². The van der Waals surface area contributed by atoms with Crippen molar-refractivity contribution < 1.29 is 24.6 Å². The lowest BCUT2D eigenvalue weighted by Gasteiger charge is -2.72. The second-order valence-corrected chi connectivity index (χ2v) is 20.5. The molecule has 5 fully saturated rings. The summed E-state index contributed by atoms with van der Waals surface area (Å²) in [5, 5.41) is 21.7. The van der Waals surface area contributed by atoms with E-state index < -0.39 is 23.2 Å². The van der Waals surface area contributed by atoms with Gasteiger partial charge in [-0.1, -0.05) is 103 Å². The molecule has 7 heteroatoms. The third kappa shape index (κ3) is 7.08. The molecule has 0 aliphatic heterocycles. The average molecular weight is 759 g/mol. The van der Waals surface area contributed by atoms with Crippen molar-refractivity contribution in [2.45, 2.75) is 157 Å². The number of rotatable bonds is 14. The molecule has 4 N–H and O–H groups in total. The molecule has 0 radical (unpaired) electrons. The zero-order valence-corrected chi connectivity index (χ0v) is 35.2. The molecule has 0 bridgehead atoms. The lowest BCUT2D eigenvalue weighted by Crippen LogP contribution is -2.67. The topological polar surface area (TPSA) is 121 Å². The van der Waals surface area contributed by atoms with Gasteiger partial charge >= 0.3 is 5.97 Å². The summed E-state index contributed by atoms with van der Waals surface area (Å²) in [7, 11) is 0. The second-order valence-electron chi connectivity index (χ2n) is 20.5. The third-order valence-corrected chi connectivity index (χ3v) is 17.7. The van der Waals surface area contributed by atoms with Gasteiger partial charge in [-0.15, -0.1) is 0 Å². The van der Waals surface area contributed by atoms with Gasteiger partial charge in [-0.3, -0.25) is 19.3 Å². The van der Waals surface area contributed by atoms with Gasteiger partial charge < -0.3 is 15.9 Å². The van der Waals surface area contributed by atoms with Crippen LogP contribution in [0.4, 0.5) is 0 Å². The van der Waals surface area contributed by atoms with Crippen LogP contribution in [0, 0.1) is 62.6 Å². The molecule has 5 aliphatic rings. The van der Waals surface area contributed by atoms with Crippen molar-refractivity contribution in [3.63, 3.8) is 0 Å². The predicted molar refractivity (Wildman–Crippen MR) is 220 cm³/mol. The number of benzene rings is 1. The minimum Gasteiger partial charge on any atom is -0.481 e. The third-order valence-electron chi connectivity index (χ3n) is 17.7. The molecule has 1 aromatic carbocycles. The van der Waals surface area contributed by atoms with Crippen LogP contribution in [0.25, 0.3) is 0 Å². The number of carbonyl (C=O) groups is 3. The van der Waals surface area contributed by atoms with Crippen LogP contribution < -0.4 is 5.73 Å². The maximum atomic E-state index is 15.6. The molecule has 0 saturated heterocycles. The lowest BCUT2D eigenvalue weighted by molar-refractivity contribution is -0.247. The number of nitrogens with two attached hydrogens (primary N) is 1. The highest BCUT2D eigenvalue weighted by Crippen LogP contribution is 2.77. The van der Waals surface area contributed by atoms with E-state index in [-0.39, 0.29) is 58.5 Å². The summed E-state index contributed by atoms with van der Waals surface area (Å²) in [5.41, 5.74) is 7.10. The summed E-state index contributed by atoms with van der Waals surface area (Å²) >= 11 is 0. The quantitative estimate of drug-likeness (QED) is 0.0988. The van der Waals surface area contributed by atoms with Gasteiger partial charge in [0.1, 0.15) is 5.92 Å². The minimum atomic E-state index is -1.32. The fourth-order valence-electron chi connectivity index (χ4n) is 14.5. The number of allylic oxidation sites excluding steroid dienone is 1. The Morgan fingerprint density at radius 1 is 0.818 bits per heavy atom. The van der Waals surface area contributed by atoms with Crippen molar-refractivity contribution in [2.24, 2.45) is 68.3 Å². The normalized spacial score (nSPS) is 38.1. The zero-order valence-electron chi connectivity index (χ0n) is 35.2. The molecular formula is C48H74N2O5.